The third-order valence-corrected chi connectivity index (χ3v) is 5.86. The summed E-state index contributed by atoms with van der Waals surface area (Å²) in [6, 6.07) is 3.81. The van der Waals surface area contributed by atoms with Crippen molar-refractivity contribution in [3.8, 4) is 11.4 Å². The van der Waals surface area contributed by atoms with E-state index in [0.29, 0.717) is 24.5 Å². The molecule has 9 heteroatoms. The zero-order chi connectivity index (χ0) is 22.9. The lowest BCUT2D eigenvalue weighted by Gasteiger charge is -2.29. The fourth-order valence-corrected chi connectivity index (χ4v) is 4.01. The Kier molecular flexibility index (Phi) is 6.71. The van der Waals surface area contributed by atoms with Crippen molar-refractivity contribution in [3.05, 3.63) is 40.4 Å². The van der Waals surface area contributed by atoms with Gasteiger partial charge in [-0.2, -0.15) is 0 Å². The number of carbonyl (C=O) groups excluding carboxylic acids is 2. The molecule has 0 aliphatic carbocycles. The highest BCUT2D eigenvalue weighted by molar-refractivity contribution is 6.33. The first kappa shape index (κ1) is 23.2. The van der Waals surface area contributed by atoms with Crippen LogP contribution in [0.15, 0.2) is 18.2 Å². The van der Waals surface area contributed by atoms with Gasteiger partial charge in [-0.1, -0.05) is 38.4 Å². The number of hydrogen-bond donors (Lipinski definition) is 2. The topological polar surface area (TPSA) is 79.3 Å². The van der Waals surface area contributed by atoms with Crippen molar-refractivity contribution in [3.63, 3.8) is 0 Å². The molecular formula is C22H29ClFN5O2. The van der Waals surface area contributed by atoms with Crippen LogP contribution in [0.25, 0.3) is 11.4 Å². The fraction of sp³-hybridized carbons (Fsp3) is 0.500. The van der Waals surface area contributed by atoms with Crippen molar-refractivity contribution in [2.75, 3.05) is 20.6 Å². The zero-order valence-electron chi connectivity index (χ0n) is 18.6. The molecule has 0 spiro atoms. The van der Waals surface area contributed by atoms with Gasteiger partial charge in [0, 0.05) is 25.7 Å². The van der Waals surface area contributed by atoms with Crippen LogP contribution in [0.3, 0.4) is 0 Å². The molecule has 7 nitrogen and oxygen atoms in total. The third kappa shape index (κ3) is 4.75. The molecule has 0 saturated heterocycles. The third-order valence-electron chi connectivity index (χ3n) is 5.47. The van der Waals surface area contributed by atoms with Crippen molar-refractivity contribution < 1.29 is 14.0 Å². The minimum atomic E-state index is -0.743. The van der Waals surface area contributed by atoms with Crippen LogP contribution in [-0.2, 0) is 17.9 Å². The van der Waals surface area contributed by atoms with Crippen LogP contribution < -0.4 is 10.6 Å². The van der Waals surface area contributed by atoms with Crippen LogP contribution in [-0.4, -0.2) is 52.9 Å². The number of halogens is 2. The molecule has 1 aromatic carbocycles. The first-order chi connectivity index (χ1) is 14.5. The Morgan fingerprint density at radius 3 is 2.61 bits per heavy atom. The molecule has 3 rings (SSSR count). The van der Waals surface area contributed by atoms with Gasteiger partial charge in [-0.25, -0.2) is 9.37 Å². The Morgan fingerprint density at radius 2 is 1.97 bits per heavy atom. The summed E-state index contributed by atoms with van der Waals surface area (Å²) < 4.78 is 16.1. The first-order valence-corrected chi connectivity index (χ1v) is 10.7. The largest absolute Gasteiger partial charge is 0.357 e. The van der Waals surface area contributed by atoms with E-state index >= 15 is 0 Å². The van der Waals surface area contributed by atoms with E-state index in [1.807, 2.05) is 32.4 Å². The summed E-state index contributed by atoms with van der Waals surface area (Å²) in [6.45, 7) is 7.62. The number of rotatable bonds is 4. The number of likely N-dealkylation sites (N-methyl/N-ethyl adjacent to an activating group) is 1. The highest BCUT2D eigenvalue weighted by Gasteiger charge is 2.35. The Bertz CT molecular complexity index is 999. The summed E-state index contributed by atoms with van der Waals surface area (Å²) in [6.07, 6.45) is 0.851. The van der Waals surface area contributed by atoms with Crippen LogP contribution >= 0.6 is 11.6 Å². The number of amides is 2. The molecule has 1 aliphatic heterocycles. The molecule has 2 aromatic rings. The molecular weight excluding hydrogens is 421 g/mol. The Morgan fingerprint density at radius 1 is 1.26 bits per heavy atom. The fourth-order valence-electron chi connectivity index (χ4n) is 3.80. The number of nitrogens with zero attached hydrogens (tertiary/aromatic N) is 3. The quantitative estimate of drug-likeness (QED) is 0.751. The predicted molar refractivity (Wildman–Crippen MR) is 118 cm³/mol. The van der Waals surface area contributed by atoms with E-state index in [-0.39, 0.29) is 16.6 Å². The number of aromatic nitrogens is 2. The van der Waals surface area contributed by atoms with E-state index in [1.54, 1.807) is 12.1 Å². The van der Waals surface area contributed by atoms with Crippen molar-refractivity contribution in [2.45, 2.75) is 46.3 Å². The van der Waals surface area contributed by atoms with E-state index < -0.39 is 23.2 Å². The van der Waals surface area contributed by atoms with Gasteiger partial charge in [0.1, 0.15) is 17.7 Å². The summed E-state index contributed by atoms with van der Waals surface area (Å²) in [5, 5.41) is 5.42. The zero-order valence-corrected chi connectivity index (χ0v) is 19.3. The van der Waals surface area contributed by atoms with E-state index in [2.05, 4.69) is 20.5 Å². The molecule has 2 N–H and O–H groups in total. The molecule has 1 atom stereocenters. The predicted octanol–water partition coefficient (Wildman–Crippen LogP) is 3.07. The van der Waals surface area contributed by atoms with Crippen molar-refractivity contribution in [1.82, 2.24) is 25.1 Å². The summed E-state index contributed by atoms with van der Waals surface area (Å²) in [5.74, 6) is -0.814. The van der Waals surface area contributed by atoms with Gasteiger partial charge in [0.25, 0.3) is 5.91 Å². The van der Waals surface area contributed by atoms with Crippen molar-refractivity contribution >= 4 is 23.4 Å². The van der Waals surface area contributed by atoms with Gasteiger partial charge in [0.05, 0.1) is 10.7 Å². The molecule has 0 saturated carbocycles. The molecule has 1 aromatic heterocycles. The SMILES string of the molecule is CNC(=O)[C@@H](NC(=O)c1nc(-c2cccc(F)c2Cl)n2c1CN(C)CCC2)C(C)(C)C. The normalized spacial score (nSPS) is 15.7. The number of carbonyl (C=O) groups is 2. The smallest absolute Gasteiger partial charge is 0.272 e. The van der Waals surface area contributed by atoms with Gasteiger partial charge in [0.15, 0.2) is 5.69 Å². The maximum absolute atomic E-state index is 14.1. The minimum absolute atomic E-state index is 0.0298. The molecule has 31 heavy (non-hydrogen) atoms. The standard InChI is InChI=1S/C22H29ClFN5O2/c1-22(2,3)18(21(31)25-4)27-20(30)17-15-12-28(5)10-7-11-29(15)19(26-17)13-8-6-9-14(24)16(13)23/h6,8-9,18H,7,10-12H2,1-5H3,(H,25,31)(H,27,30)/t18-/m1/s1. The van der Waals surface area contributed by atoms with Gasteiger partial charge in [0.2, 0.25) is 5.91 Å². The summed E-state index contributed by atoms with van der Waals surface area (Å²) in [7, 11) is 3.51. The molecule has 0 bridgehead atoms. The lowest BCUT2D eigenvalue weighted by atomic mass is 9.86. The molecule has 168 valence electrons. The summed E-state index contributed by atoms with van der Waals surface area (Å²) >= 11 is 6.24. The second-order valence-corrected chi connectivity index (χ2v) is 9.34. The van der Waals surface area contributed by atoms with Gasteiger partial charge < -0.3 is 20.1 Å². The Balaban J connectivity index is 2.10. The van der Waals surface area contributed by atoms with E-state index in [1.165, 1.54) is 13.1 Å². The monoisotopic (exact) mass is 449 g/mol. The maximum Gasteiger partial charge on any atom is 0.272 e. The van der Waals surface area contributed by atoms with Gasteiger partial charge in [-0.3, -0.25) is 9.59 Å². The lowest BCUT2D eigenvalue weighted by Crippen LogP contribution is -2.53. The van der Waals surface area contributed by atoms with Crippen LogP contribution in [0.5, 0.6) is 0 Å². The van der Waals surface area contributed by atoms with E-state index in [9.17, 15) is 14.0 Å². The number of hydrogen-bond acceptors (Lipinski definition) is 4. The molecule has 1 aliphatic rings. The van der Waals surface area contributed by atoms with Crippen molar-refractivity contribution in [1.29, 1.82) is 0 Å². The van der Waals surface area contributed by atoms with Crippen LogP contribution in [0.1, 0.15) is 43.4 Å². The van der Waals surface area contributed by atoms with Crippen LogP contribution in [0, 0.1) is 11.2 Å². The van der Waals surface area contributed by atoms with E-state index in [0.717, 1.165) is 18.7 Å². The van der Waals surface area contributed by atoms with Gasteiger partial charge in [-0.05, 0) is 37.6 Å². The second kappa shape index (κ2) is 8.96. The second-order valence-electron chi connectivity index (χ2n) is 8.96. The number of fused-ring (bicyclic) bond motifs is 1. The van der Waals surface area contributed by atoms with Gasteiger partial charge >= 0.3 is 0 Å². The molecule has 0 fully saturated rings. The molecule has 2 amide bonds. The highest BCUT2D eigenvalue weighted by atomic mass is 35.5. The van der Waals surface area contributed by atoms with Crippen molar-refractivity contribution in [2.24, 2.45) is 5.41 Å². The number of nitrogens with one attached hydrogen (secondary N) is 2. The Hall–Kier alpha value is -2.45. The highest BCUT2D eigenvalue weighted by Crippen LogP contribution is 2.32. The number of benzene rings is 1. The van der Waals surface area contributed by atoms with Gasteiger partial charge in [-0.15, -0.1) is 0 Å². The molecule has 0 unspecified atom stereocenters. The molecule has 2 heterocycles. The number of imidazole rings is 1. The summed E-state index contributed by atoms with van der Waals surface area (Å²) in [5.41, 5.74) is 0.877. The minimum Gasteiger partial charge on any atom is -0.357 e. The van der Waals surface area contributed by atoms with Crippen LogP contribution in [0.4, 0.5) is 4.39 Å². The average molecular weight is 450 g/mol. The first-order valence-electron chi connectivity index (χ1n) is 10.3. The van der Waals surface area contributed by atoms with E-state index in [4.69, 9.17) is 11.6 Å². The Labute approximate surface area is 187 Å². The lowest BCUT2D eigenvalue weighted by molar-refractivity contribution is -0.124. The molecule has 0 radical (unpaired) electrons. The average Bonchev–Trinajstić information content (AvgIpc) is 2.92. The van der Waals surface area contributed by atoms with Crippen LogP contribution in [0.2, 0.25) is 5.02 Å². The maximum atomic E-state index is 14.1. The summed E-state index contributed by atoms with van der Waals surface area (Å²) in [4.78, 5) is 32.4.